The molecule has 0 aromatic carbocycles. The van der Waals surface area contributed by atoms with Crippen molar-refractivity contribution in [1.29, 1.82) is 0 Å². The minimum atomic E-state index is -0.0491. The van der Waals surface area contributed by atoms with Gasteiger partial charge in [-0.15, -0.1) is 0 Å². The molecule has 0 aliphatic heterocycles. The molecule has 1 fully saturated rings. The molecule has 18 heavy (non-hydrogen) atoms. The number of hydrogen-bond acceptors (Lipinski definition) is 3. The molecule has 0 bridgehead atoms. The van der Waals surface area contributed by atoms with Gasteiger partial charge in [-0.1, -0.05) is 26.7 Å². The maximum absolute atomic E-state index is 8.71. The molecule has 3 heteroatoms. The molecule has 0 radical (unpaired) electrons. The Balaban J connectivity index is 2.21. The Morgan fingerprint density at radius 3 is 2.17 bits per heavy atom. The van der Waals surface area contributed by atoms with Crippen LogP contribution in [0.1, 0.15) is 65.2 Å². The highest BCUT2D eigenvalue weighted by molar-refractivity contribution is 4.91. The van der Waals surface area contributed by atoms with Gasteiger partial charge in [0.05, 0.1) is 5.60 Å². The van der Waals surface area contributed by atoms with Crippen molar-refractivity contribution in [2.75, 3.05) is 19.8 Å². The van der Waals surface area contributed by atoms with Gasteiger partial charge in [0.2, 0.25) is 0 Å². The Morgan fingerprint density at radius 1 is 1.00 bits per heavy atom. The maximum Gasteiger partial charge on any atom is 0.0804 e. The zero-order valence-corrected chi connectivity index (χ0v) is 12.2. The standard InChI is InChI=1S/C15H31NO2/c1-14(2)7-9-15(13-16,10-8-14)18-12-6-4-3-5-11-17/h17H,3-13,16H2,1-2H3. The van der Waals surface area contributed by atoms with E-state index >= 15 is 0 Å². The molecule has 0 atom stereocenters. The largest absolute Gasteiger partial charge is 0.396 e. The van der Waals surface area contributed by atoms with Gasteiger partial charge in [-0.2, -0.15) is 0 Å². The predicted octanol–water partition coefficient (Wildman–Crippen LogP) is 2.85. The Labute approximate surface area is 112 Å². The molecule has 1 aliphatic rings. The van der Waals surface area contributed by atoms with Crippen LogP contribution in [-0.4, -0.2) is 30.5 Å². The first-order valence-electron chi connectivity index (χ1n) is 7.49. The highest BCUT2D eigenvalue weighted by Gasteiger charge is 2.37. The molecule has 0 spiro atoms. The zero-order chi connectivity index (χ0) is 13.5. The van der Waals surface area contributed by atoms with Gasteiger partial charge in [0.1, 0.15) is 0 Å². The van der Waals surface area contributed by atoms with E-state index in [-0.39, 0.29) is 5.60 Å². The number of aliphatic hydroxyl groups is 1. The molecule has 108 valence electrons. The van der Waals surface area contributed by atoms with Crippen LogP contribution in [0.25, 0.3) is 0 Å². The first-order chi connectivity index (χ1) is 8.54. The van der Waals surface area contributed by atoms with E-state index in [0.29, 0.717) is 18.6 Å². The van der Waals surface area contributed by atoms with Crippen molar-refractivity contribution in [2.45, 2.75) is 70.8 Å². The Bertz CT molecular complexity index is 219. The predicted molar refractivity (Wildman–Crippen MR) is 75.5 cm³/mol. The van der Waals surface area contributed by atoms with E-state index in [1.807, 2.05) is 0 Å². The minimum absolute atomic E-state index is 0.0491. The van der Waals surface area contributed by atoms with Gasteiger partial charge in [0.15, 0.2) is 0 Å². The molecule has 0 aromatic rings. The number of nitrogens with two attached hydrogens (primary N) is 1. The summed E-state index contributed by atoms with van der Waals surface area (Å²) in [6, 6.07) is 0. The summed E-state index contributed by atoms with van der Waals surface area (Å²) in [7, 11) is 0. The monoisotopic (exact) mass is 257 g/mol. The van der Waals surface area contributed by atoms with Gasteiger partial charge in [-0.05, 0) is 43.9 Å². The third-order valence-corrected chi connectivity index (χ3v) is 4.35. The highest BCUT2D eigenvalue weighted by Crippen LogP contribution is 2.41. The van der Waals surface area contributed by atoms with Crippen LogP contribution >= 0.6 is 0 Å². The van der Waals surface area contributed by atoms with Gasteiger partial charge < -0.3 is 15.6 Å². The van der Waals surface area contributed by atoms with Crippen molar-refractivity contribution < 1.29 is 9.84 Å². The summed E-state index contributed by atoms with van der Waals surface area (Å²) in [6.45, 7) is 6.45. The van der Waals surface area contributed by atoms with Crippen LogP contribution in [0.15, 0.2) is 0 Å². The smallest absolute Gasteiger partial charge is 0.0804 e. The Hall–Kier alpha value is -0.120. The fraction of sp³-hybridized carbons (Fsp3) is 1.00. The zero-order valence-electron chi connectivity index (χ0n) is 12.2. The Kier molecular flexibility index (Phi) is 6.61. The number of unbranched alkanes of at least 4 members (excludes halogenated alkanes) is 3. The molecule has 1 saturated carbocycles. The highest BCUT2D eigenvalue weighted by atomic mass is 16.5. The maximum atomic E-state index is 8.71. The summed E-state index contributed by atoms with van der Waals surface area (Å²) in [5.41, 5.74) is 6.34. The van der Waals surface area contributed by atoms with E-state index in [0.717, 1.165) is 45.1 Å². The minimum Gasteiger partial charge on any atom is -0.396 e. The number of rotatable bonds is 8. The average Bonchev–Trinajstić information content (AvgIpc) is 2.36. The first-order valence-corrected chi connectivity index (χ1v) is 7.49. The van der Waals surface area contributed by atoms with Crippen molar-refractivity contribution in [3.63, 3.8) is 0 Å². The van der Waals surface area contributed by atoms with Gasteiger partial charge in [0.25, 0.3) is 0 Å². The van der Waals surface area contributed by atoms with E-state index < -0.39 is 0 Å². The normalized spacial score (nSPS) is 22.0. The second-order valence-corrected chi connectivity index (χ2v) is 6.54. The summed E-state index contributed by atoms with van der Waals surface area (Å²) in [6.07, 6.45) is 8.89. The van der Waals surface area contributed by atoms with Crippen LogP contribution in [-0.2, 0) is 4.74 Å². The van der Waals surface area contributed by atoms with Gasteiger partial charge in [-0.25, -0.2) is 0 Å². The summed E-state index contributed by atoms with van der Waals surface area (Å²) in [5, 5.41) is 8.71. The third kappa shape index (κ3) is 5.25. The topological polar surface area (TPSA) is 55.5 Å². The van der Waals surface area contributed by atoms with Gasteiger partial charge in [0, 0.05) is 19.8 Å². The van der Waals surface area contributed by atoms with E-state index in [2.05, 4.69) is 13.8 Å². The molecular formula is C15H31NO2. The molecule has 3 N–H and O–H groups in total. The first kappa shape index (κ1) is 15.9. The lowest BCUT2D eigenvalue weighted by Gasteiger charge is -2.42. The third-order valence-electron chi connectivity index (χ3n) is 4.35. The number of ether oxygens (including phenoxy) is 1. The lowest BCUT2D eigenvalue weighted by molar-refractivity contribution is -0.0822. The fourth-order valence-corrected chi connectivity index (χ4v) is 2.65. The lowest BCUT2D eigenvalue weighted by Crippen LogP contribution is -2.45. The van der Waals surface area contributed by atoms with Gasteiger partial charge in [-0.3, -0.25) is 0 Å². The fourth-order valence-electron chi connectivity index (χ4n) is 2.65. The summed E-state index contributed by atoms with van der Waals surface area (Å²) in [5.74, 6) is 0. The summed E-state index contributed by atoms with van der Waals surface area (Å²) >= 11 is 0. The molecule has 1 aliphatic carbocycles. The second kappa shape index (κ2) is 7.46. The molecule has 3 nitrogen and oxygen atoms in total. The molecule has 0 amide bonds. The second-order valence-electron chi connectivity index (χ2n) is 6.54. The van der Waals surface area contributed by atoms with Crippen molar-refractivity contribution in [1.82, 2.24) is 0 Å². The molecule has 1 rings (SSSR count). The lowest BCUT2D eigenvalue weighted by atomic mass is 9.71. The van der Waals surface area contributed by atoms with Crippen molar-refractivity contribution in [3.05, 3.63) is 0 Å². The van der Waals surface area contributed by atoms with E-state index in [4.69, 9.17) is 15.6 Å². The average molecular weight is 257 g/mol. The number of hydrogen-bond donors (Lipinski definition) is 2. The van der Waals surface area contributed by atoms with E-state index in [9.17, 15) is 0 Å². The van der Waals surface area contributed by atoms with Crippen molar-refractivity contribution in [3.8, 4) is 0 Å². The number of aliphatic hydroxyl groups excluding tert-OH is 1. The summed E-state index contributed by atoms with van der Waals surface area (Å²) in [4.78, 5) is 0. The SMILES string of the molecule is CC1(C)CCC(CN)(OCCCCCCO)CC1. The van der Waals surface area contributed by atoms with Crippen LogP contribution in [0.5, 0.6) is 0 Å². The van der Waals surface area contributed by atoms with Crippen LogP contribution in [0.2, 0.25) is 0 Å². The van der Waals surface area contributed by atoms with Crippen LogP contribution < -0.4 is 5.73 Å². The van der Waals surface area contributed by atoms with E-state index in [1.165, 1.54) is 12.8 Å². The van der Waals surface area contributed by atoms with Crippen LogP contribution in [0, 0.1) is 5.41 Å². The Morgan fingerprint density at radius 2 is 1.61 bits per heavy atom. The van der Waals surface area contributed by atoms with Crippen LogP contribution in [0.4, 0.5) is 0 Å². The van der Waals surface area contributed by atoms with Gasteiger partial charge >= 0.3 is 0 Å². The van der Waals surface area contributed by atoms with Crippen LogP contribution in [0.3, 0.4) is 0 Å². The van der Waals surface area contributed by atoms with E-state index in [1.54, 1.807) is 0 Å². The summed E-state index contributed by atoms with van der Waals surface area (Å²) < 4.78 is 6.11. The molecular weight excluding hydrogens is 226 g/mol. The van der Waals surface area contributed by atoms with Crippen molar-refractivity contribution in [2.24, 2.45) is 11.1 Å². The molecule has 0 aromatic heterocycles. The van der Waals surface area contributed by atoms with Crippen molar-refractivity contribution >= 4 is 0 Å². The molecule has 0 heterocycles. The molecule has 0 saturated heterocycles. The quantitative estimate of drug-likeness (QED) is 0.657. The molecule has 0 unspecified atom stereocenters.